The van der Waals surface area contributed by atoms with E-state index in [-0.39, 0.29) is 11.9 Å². The highest BCUT2D eigenvalue weighted by Gasteiger charge is 2.13. The number of carbonyl (C=O) groups excluding carboxylic acids is 1. The monoisotopic (exact) mass is 309 g/mol. The maximum Gasteiger partial charge on any atom is 0.251 e. The highest BCUT2D eigenvalue weighted by atomic mass is 16.5. The molecule has 2 aromatic rings. The fourth-order valence-electron chi connectivity index (χ4n) is 2.45. The molecule has 0 aliphatic rings. The van der Waals surface area contributed by atoms with Gasteiger partial charge in [-0.1, -0.05) is 35.9 Å². The summed E-state index contributed by atoms with van der Waals surface area (Å²) in [5.41, 5.74) is 3.88. The van der Waals surface area contributed by atoms with E-state index in [0.717, 1.165) is 16.9 Å². The van der Waals surface area contributed by atoms with Crippen molar-refractivity contribution in [1.29, 1.82) is 0 Å². The lowest BCUT2D eigenvalue weighted by molar-refractivity contribution is 0.0939. The third-order valence-corrected chi connectivity index (χ3v) is 3.83. The number of rotatable bonds is 6. The van der Waals surface area contributed by atoms with Crippen LogP contribution in [0.5, 0.6) is 5.75 Å². The number of amides is 1. The molecule has 0 aliphatic heterocycles. The van der Waals surface area contributed by atoms with Crippen molar-refractivity contribution in [3.63, 3.8) is 0 Å². The van der Waals surface area contributed by atoms with E-state index in [1.807, 2.05) is 50.2 Å². The van der Waals surface area contributed by atoms with E-state index >= 15 is 0 Å². The molecule has 0 aromatic heterocycles. The predicted octanol–water partition coefficient (Wildman–Crippen LogP) is 4.22. The number of hydrogen-bond donors (Lipinski definition) is 1. The summed E-state index contributed by atoms with van der Waals surface area (Å²) in [6.45, 7) is 7.77. The molecule has 3 nitrogen and oxygen atoms in total. The molecule has 0 saturated heterocycles. The quantitative estimate of drug-likeness (QED) is 0.811. The Kier molecular flexibility index (Phi) is 5.58. The van der Waals surface area contributed by atoms with Crippen LogP contribution >= 0.6 is 0 Å². The average Bonchev–Trinajstić information content (AvgIpc) is 2.55. The SMILES string of the molecule is C=CCc1cc(C(=O)NC(C)c2ccc(C)cc2)ccc1OC. The van der Waals surface area contributed by atoms with Crippen molar-refractivity contribution >= 4 is 5.91 Å². The van der Waals surface area contributed by atoms with Crippen molar-refractivity contribution in [3.05, 3.63) is 77.4 Å². The Morgan fingerprint density at radius 2 is 1.96 bits per heavy atom. The third kappa shape index (κ3) is 4.22. The summed E-state index contributed by atoms with van der Waals surface area (Å²) in [6.07, 6.45) is 2.46. The van der Waals surface area contributed by atoms with Crippen molar-refractivity contribution in [2.45, 2.75) is 26.3 Å². The Balaban J connectivity index is 2.15. The van der Waals surface area contributed by atoms with Gasteiger partial charge in [0.15, 0.2) is 0 Å². The molecule has 0 aliphatic carbocycles. The maximum atomic E-state index is 12.5. The average molecular weight is 309 g/mol. The zero-order valence-electron chi connectivity index (χ0n) is 13.9. The fraction of sp³-hybridized carbons (Fsp3) is 0.250. The molecule has 1 unspecified atom stereocenters. The minimum absolute atomic E-state index is 0.0481. The molecule has 3 heteroatoms. The zero-order chi connectivity index (χ0) is 16.8. The van der Waals surface area contributed by atoms with Gasteiger partial charge in [-0.25, -0.2) is 0 Å². The number of benzene rings is 2. The van der Waals surface area contributed by atoms with Crippen LogP contribution in [0, 0.1) is 6.92 Å². The first kappa shape index (κ1) is 16.8. The lowest BCUT2D eigenvalue weighted by Crippen LogP contribution is -2.26. The van der Waals surface area contributed by atoms with Crippen LogP contribution in [0.2, 0.25) is 0 Å². The summed E-state index contributed by atoms with van der Waals surface area (Å²) in [4.78, 5) is 12.5. The van der Waals surface area contributed by atoms with Gasteiger partial charge >= 0.3 is 0 Å². The lowest BCUT2D eigenvalue weighted by Gasteiger charge is -2.15. The van der Waals surface area contributed by atoms with Crippen molar-refractivity contribution in [1.82, 2.24) is 5.32 Å². The molecule has 0 spiro atoms. The van der Waals surface area contributed by atoms with E-state index in [0.29, 0.717) is 12.0 Å². The normalized spacial score (nSPS) is 11.6. The van der Waals surface area contributed by atoms with E-state index in [9.17, 15) is 4.79 Å². The van der Waals surface area contributed by atoms with Gasteiger partial charge in [-0.15, -0.1) is 6.58 Å². The van der Waals surface area contributed by atoms with E-state index in [4.69, 9.17) is 4.74 Å². The lowest BCUT2D eigenvalue weighted by atomic mass is 10.0. The molecule has 1 N–H and O–H groups in total. The van der Waals surface area contributed by atoms with Gasteiger partial charge in [0, 0.05) is 5.56 Å². The van der Waals surface area contributed by atoms with Crippen molar-refractivity contribution in [3.8, 4) is 5.75 Å². The smallest absolute Gasteiger partial charge is 0.251 e. The molecule has 23 heavy (non-hydrogen) atoms. The van der Waals surface area contributed by atoms with Crippen LogP contribution in [-0.4, -0.2) is 13.0 Å². The summed E-state index contributed by atoms with van der Waals surface area (Å²) in [7, 11) is 1.63. The number of hydrogen-bond acceptors (Lipinski definition) is 2. The van der Waals surface area contributed by atoms with Gasteiger partial charge in [-0.05, 0) is 49.6 Å². The summed E-state index contributed by atoms with van der Waals surface area (Å²) in [6, 6.07) is 13.6. The van der Waals surface area contributed by atoms with Crippen LogP contribution in [0.4, 0.5) is 0 Å². The first-order chi connectivity index (χ1) is 11.0. The van der Waals surface area contributed by atoms with Crippen molar-refractivity contribution < 1.29 is 9.53 Å². The molecule has 0 radical (unpaired) electrons. The number of methoxy groups -OCH3 is 1. The first-order valence-corrected chi connectivity index (χ1v) is 7.70. The molecular formula is C20H23NO2. The molecule has 0 heterocycles. The number of ether oxygens (including phenoxy) is 1. The van der Waals surface area contributed by atoms with E-state index < -0.39 is 0 Å². The molecule has 0 fully saturated rings. The summed E-state index contributed by atoms with van der Waals surface area (Å²) < 4.78 is 5.31. The molecule has 0 bridgehead atoms. The van der Waals surface area contributed by atoms with Gasteiger partial charge in [0.2, 0.25) is 0 Å². The van der Waals surface area contributed by atoms with E-state index in [1.165, 1.54) is 5.56 Å². The molecular weight excluding hydrogens is 286 g/mol. The van der Waals surface area contributed by atoms with E-state index in [1.54, 1.807) is 19.3 Å². The third-order valence-electron chi connectivity index (χ3n) is 3.83. The number of allylic oxidation sites excluding steroid dienone is 1. The first-order valence-electron chi connectivity index (χ1n) is 7.70. The minimum atomic E-state index is -0.0916. The Morgan fingerprint density at radius 3 is 2.57 bits per heavy atom. The fourth-order valence-corrected chi connectivity index (χ4v) is 2.45. The second kappa shape index (κ2) is 7.63. The zero-order valence-corrected chi connectivity index (χ0v) is 13.9. The van der Waals surface area contributed by atoms with Gasteiger partial charge in [-0.3, -0.25) is 4.79 Å². The van der Waals surface area contributed by atoms with E-state index in [2.05, 4.69) is 11.9 Å². The van der Waals surface area contributed by atoms with Gasteiger partial charge in [0.25, 0.3) is 5.91 Å². The van der Waals surface area contributed by atoms with Gasteiger partial charge in [-0.2, -0.15) is 0 Å². The molecule has 2 rings (SSSR count). The Hall–Kier alpha value is -2.55. The Bertz CT molecular complexity index is 689. The van der Waals surface area contributed by atoms with Crippen molar-refractivity contribution in [2.24, 2.45) is 0 Å². The largest absolute Gasteiger partial charge is 0.496 e. The number of nitrogens with one attached hydrogen (secondary N) is 1. The molecule has 1 atom stereocenters. The van der Waals surface area contributed by atoms with Gasteiger partial charge in [0.1, 0.15) is 5.75 Å². The Labute approximate surface area is 138 Å². The maximum absolute atomic E-state index is 12.5. The van der Waals surface area contributed by atoms with Crippen LogP contribution < -0.4 is 10.1 Å². The van der Waals surface area contributed by atoms with Crippen molar-refractivity contribution in [2.75, 3.05) is 7.11 Å². The minimum Gasteiger partial charge on any atom is -0.496 e. The van der Waals surface area contributed by atoms with Crippen LogP contribution in [0.1, 0.15) is 40.0 Å². The van der Waals surface area contributed by atoms with Crippen LogP contribution in [0.3, 0.4) is 0 Å². The molecule has 120 valence electrons. The highest BCUT2D eigenvalue weighted by molar-refractivity contribution is 5.94. The number of carbonyl (C=O) groups is 1. The summed E-state index contributed by atoms with van der Waals surface area (Å²) >= 11 is 0. The number of aryl methyl sites for hydroxylation is 1. The Morgan fingerprint density at radius 1 is 1.26 bits per heavy atom. The van der Waals surface area contributed by atoms with Gasteiger partial charge < -0.3 is 10.1 Å². The topological polar surface area (TPSA) is 38.3 Å². The van der Waals surface area contributed by atoms with Crippen LogP contribution in [-0.2, 0) is 6.42 Å². The standard InChI is InChI=1S/C20H23NO2/c1-5-6-17-13-18(11-12-19(17)23-4)20(22)21-15(3)16-9-7-14(2)8-10-16/h5,7-13,15H,1,6H2,2-4H3,(H,21,22). The summed E-state index contributed by atoms with van der Waals surface area (Å²) in [5.74, 6) is 0.680. The van der Waals surface area contributed by atoms with Crippen LogP contribution in [0.15, 0.2) is 55.1 Å². The summed E-state index contributed by atoms with van der Waals surface area (Å²) in [5, 5.41) is 3.03. The predicted molar refractivity (Wildman–Crippen MR) is 94.0 cm³/mol. The molecule has 1 amide bonds. The molecule has 0 saturated carbocycles. The second-order valence-electron chi connectivity index (χ2n) is 5.63. The van der Waals surface area contributed by atoms with Gasteiger partial charge in [0.05, 0.1) is 13.2 Å². The molecule has 2 aromatic carbocycles. The second-order valence-corrected chi connectivity index (χ2v) is 5.63. The highest BCUT2D eigenvalue weighted by Crippen LogP contribution is 2.21. The van der Waals surface area contributed by atoms with Crippen LogP contribution in [0.25, 0.3) is 0 Å².